The molecule has 0 radical (unpaired) electrons. The Kier molecular flexibility index (Phi) is 24.3. The number of aldehydes is 1. The Morgan fingerprint density at radius 3 is 2.04 bits per heavy atom. The van der Waals surface area contributed by atoms with E-state index in [1.54, 1.807) is 21.0 Å². The molecule has 54 heavy (non-hydrogen) atoms. The molecule has 0 spiro atoms. The molecule has 0 heterocycles. The lowest BCUT2D eigenvalue weighted by molar-refractivity contribution is -0.120. The molecular formula is C45H65N5O4. The first-order chi connectivity index (χ1) is 25.7. The highest BCUT2D eigenvalue weighted by Gasteiger charge is 2.14. The first kappa shape index (κ1) is 48.4. The first-order valence-electron chi connectivity index (χ1n) is 18.2. The molecule has 3 rings (SSSR count). The highest BCUT2D eigenvalue weighted by Crippen LogP contribution is 2.32. The number of allylic oxidation sites excluding steroid dienone is 3. The molecule has 0 aliphatic heterocycles. The van der Waals surface area contributed by atoms with Gasteiger partial charge in [-0.25, -0.2) is 0 Å². The topological polar surface area (TPSA) is 112 Å². The maximum absolute atomic E-state index is 11.6. The molecule has 9 nitrogen and oxygen atoms in total. The van der Waals surface area contributed by atoms with Gasteiger partial charge in [-0.15, -0.1) is 0 Å². The average molecular weight is 740 g/mol. The zero-order chi connectivity index (χ0) is 41.2. The minimum atomic E-state index is -0.642. The van der Waals surface area contributed by atoms with Crippen LogP contribution in [-0.4, -0.2) is 65.9 Å². The van der Waals surface area contributed by atoms with E-state index in [9.17, 15) is 14.4 Å². The largest absolute Gasteiger partial charge is 0.495 e. The number of Topliss-reactive ketones (excluding diaryl/α,β-unsaturated/α-hetero) is 1. The van der Waals surface area contributed by atoms with Crippen LogP contribution in [0.2, 0.25) is 0 Å². The van der Waals surface area contributed by atoms with E-state index in [-0.39, 0.29) is 18.2 Å². The van der Waals surface area contributed by atoms with Crippen molar-refractivity contribution in [2.75, 3.05) is 57.4 Å². The van der Waals surface area contributed by atoms with Gasteiger partial charge in [-0.05, 0) is 80.6 Å². The van der Waals surface area contributed by atoms with Crippen LogP contribution in [0.4, 0.5) is 17.1 Å². The summed E-state index contributed by atoms with van der Waals surface area (Å²) < 4.78 is 5.33. The monoisotopic (exact) mass is 740 g/mol. The van der Waals surface area contributed by atoms with Gasteiger partial charge in [-0.2, -0.15) is 0 Å². The van der Waals surface area contributed by atoms with E-state index >= 15 is 0 Å². The number of methoxy groups -OCH3 is 1. The number of amides is 1. The molecule has 1 amide bonds. The van der Waals surface area contributed by atoms with Crippen LogP contribution in [0.5, 0.6) is 5.75 Å². The van der Waals surface area contributed by atoms with Gasteiger partial charge in [0, 0.05) is 58.8 Å². The van der Waals surface area contributed by atoms with Gasteiger partial charge in [-0.1, -0.05) is 87.7 Å². The van der Waals surface area contributed by atoms with Gasteiger partial charge < -0.3 is 40.5 Å². The van der Waals surface area contributed by atoms with Gasteiger partial charge in [0.05, 0.1) is 24.2 Å². The number of aryl methyl sites for hydroxylation is 1. The summed E-state index contributed by atoms with van der Waals surface area (Å²) in [5, 5.41) is 11.9. The molecule has 0 bridgehead atoms. The van der Waals surface area contributed by atoms with Crippen LogP contribution in [0.15, 0.2) is 97.7 Å². The Bertz CT molecular complexity index is 1680. The van der Waals surface area contributed by atoms with Crippen LogP contribution in [0.1, 0.15) is 70.2 Å². The summed E-state index contributed by atoms with van der Waals surface area (Å²) in [5.74, 6) is 0.663. The molecule has 3 aromatic rings. The second-order valence-electron chi connectivity index (χ2n) is 12.5. The number of carbonyl (C=O) groups excluding carboxylic acids is 3. The zero-order valence-corrected chi connectivity index (χ0v) is 34.6. The summed E-state index contributed by atoms with van der Waals surface area (Å²) in [6.45, 7) is 22.9. The lowest BCUT2D eigenvalue weighted by atomic mass is 10.00. The van der Waals surface area contributed by atoms with Crippen LogP contribution in [0.3, 0.4) is 0 Å². The molecule has 0 saturated carbocycles. The summed E-state index contributed by atoms with van der Waals surface area (Å²) in [7, 11) is 9.31. The highest BCUT2D eigenvalue weighted by molar-refractivity contribution is 5.93. The van der Waals surface area contributed by atoms with Crippen LogP contribution >= 0.6 is 0 Å². The molecule has 0 aliphatic carbocycles. The smallest absolute Gasteiger partial charge is 0.246 e. The van der Waals surface area contributed by atoms with Crippen LogP contribution in [0, 0.1) is 0 Å². The van der Waals surface area contributed by atoms with Gasteiger partial charge in [0.2, 0.25) is 5.91 Å². The molecule has 4 N–H and O–H groups in total. The molecule has 1 atom stereocenters. The Morgan fingerprint density at radius 1 is 0.907 bits per heavy atom. The van der Waals surface area contributed by atoms with E-state index in [2.05, 4.69) is 65.3 Å². The minimum Gasteiger partial charge on any atom is -0.495 e. The van der Waals surface area contributed by atoms with Crippen molar-refractivity contribution in [1.29, 1.82) is 0 Å². The molecule has 294 valence electrons. The van der Waals surface area contributed by atoms with Crippen LogP contribution < -0.4 is 30.9 Å². The molecule has 3 aromatic carbocycles. The number of nitrogens with one attached hydrogen (secondary N) is 4. The Balaban J connectivity index is 0.000000826. The van der Waals surface area contributed by atoms with Gasteiger partial charge >= 0.3 is 0 Å². The van der Waals surface area contributed by atoms with Crippen molar-refractivity contribution in [1.82, 2.24) is 10.6 Å². The lowest BCUT2D eigenvalue weighted by Crippen LogP contribution is -2.41. The summed E-state index contributed by atoms with van der Waals surface area (Å²) in [6, 6.07) is 19.7. The first-order valence-corrected chi connectivity index (χ1v) is 18.2. The Morgan fingerprint density at radius 2 is 1.56 bits per heavy atom. The van der Waals surface area contributed by atoms with Crippen molar-refractivity contribution in [2.24, 2.45) is 0 Å². The van der Waals surface area contributed by atoms with Gasteiger partial charge in [-0.3, -0.25) is 4.79 Å². The predicted octanol–water partition coefficient (Wildman–Crippen LogP) is 8.74. The number of carbonyl (C=O) groups is 3. The van der Waals surface area contributed by atoms with E-state index < -0.39 is 6.04 Å². The lowest BCUT2D eigenvalue weighted by Gasteiger charge is -2.21. The highest BCUT2D eigenvalue weighted by atomic mass is 16.5. The second-order valence-corrected chi connectivity index (χ2v) is 12.5. The van der Waals surface area contributed by atoms with Crippen molar-refractivity contribution < 1.29 is 19.1 Å². The molecule has 0 aliphatic rings. The molecule has 0 saturated heterocycles. The third kappa shape index (κ3) is 18.3. The fourth-order valence-electron chi connectivity index (χ4n) is 4.80. The SMILES string of the molecule is C=C(C)C(=O)N[C@H](C=O)CNc1ccc(CCC(C)=O)cc1N(C)C.C=C(C)c1cc(OC)c(NC)cc1/C=C\C.C=C(Cc1ccccc1)NC.CC. The zero-order valence-electron chi connectivity index (χ0n) is 34.6. The van der Waals surface area contributed by atoms with Crippen molar-refractivity contribution in [3.8, 4) is 5.75 Å². The fraction of sp³-hybridized carbons (Fsp3) is 0.356. The summed E-state index contributed by atoms with van der Waals surface area (Å²) in [5.41, 5.74) is 9.89. The number of anilines is 3. The summed E-state index contributed by atoms with van der Waals surface area (Å²) >= 11 is 0. The number of hydrogen-bond donors (Lipinski definition) is 4. The normalized spacial score (nSPS) is 10.4. The van der Waals surface area contributed by atoms with E-state index in [1.807, 2.05) is 109 Å². The van der Waals surface area contributed by atoms with E-state index in [1.165, 1.54) is 5.56 Å². The van der Waals surface area contributed by atoms with Gasteiger partial charge in [0.1, 0.15) is 23.9 Å². The van der Waals surface area contributed by atoms with Gasteiger partial charge in [0.25, 0.3) is 0 Å². The Labute approximate surface area is 325 Å². The molecular weight excluding hydrogens is 675 g/mol. The molecule has 0 fully saturated rings. The average Bonchev–Trinajstić information content (AvgIpc) is 3.16. The van der Waals surface area contributed by atoms with Crippen LogP contribution in [0.25, 0.3) is 11.6 Å². The quantitative estimate of drug-likeness (QED) is 0.0804. The number of rotatable bonds is 17. The number of hydrogen-bond acceptors (Lipinski definition) is 8. The predicted molar refractivity (Wildman–Crippen MR) is 233 cm³/mol. The van der Waals surface area contributed by atoms with Crippen molar-refractivity contribution >= 4 is 46.7 Å². The van der Waals surface area contributed by atoms with Crippen molar-refractivity contribution in [2.45, 2.75) is 66.8 Å². The van der Waals surface area contributed by atoms with Gasteiger partial charge in [0.15, 0.2) is 0 Å². The Hall–Kier alpha value is -5.57. The maximum atomic E-state index is 11.6. The fourth-order valence-corrected chi connectivity index (χ4v) is 4.80. The molecule has 0 aromatic heterocycles. The standard InChI is InChI=1S/C19H27N3O3.C14H19NO.C10H13N.C2H6/c1-13(2)19(25)21-16(12-23)11-20-17-9-8-15(7-6-14(3)24)10-18(17)22(4)5;1-6-7-11-8-13(15-4)14(16-5)9-12(11)10(2)3;1-9(11-2)8-10-6-4-3-5-7-10;1-2/h8-10,12,16,20H,1,6-7,11H2,2-5H3,(H,21,25);6-9,15H,2H2,1,3-5H3;3-7,11H,1,8H2,2H3;1-2H3/b;7-6-;;/t16-;;;/m0.../s1. The number of likely N-dealkylation sites (N-methyl/N-ethyl adjacent to an activating group) is 1. The number of ether oxygens (including phenoxy) is 1. The second kappa shape index (κ2) is 27.1. The number of benzene rings is 3. The maximum Gasteiger partial charge on any atom is 0.246 e. The van der Waals surface area contributed by atoms with E-state index in [4.69, 9.17) is 4.74 Å². The van der Waals surface area contributed by atoms with Crippen molar-refractivity contribution in [3.05, 3.63) is 120 Å². The third-order valence-corrected chi connectivity index (χ3v) is 7.75. The molecule has 9 heteroatoms. The molecule has 0 unspecified atom stereocenters. The third-order valence-electron chi connectivity index (χ3n) is 7.75. The number of nitrogens with zero attached hydrogens (tertiary/aromatic N) is 1. The summed E-state index contributed by atoms with van der Waals surface area (Å²) in [4.78, 5) is 35.9. The van der Waals surface area contributed by atoms with Crippen LogP contribution in [-0.2, 0) is 27.2 Å². The van der Waals surface area contributed by atoms with Crippen molar-refractivity contribution in [3.63, 3.8) is 0 Å². The van der Waals surface area contributed by atoms with E-state index in [0.29, 0.717) is 24.7 Å². The number of ketones is 1. The summed E-state index contributed by atoms with van der Waals surface area (Å²) in [6.07, 6.45) is 6.92. The van der Waals surface area contributed by atoms with E-state index in [0.717, 1.165) is 57.2 Å². The minimum absolute atomic E-state index is 0.163.